The summed E-state index contributed by atoms with van der Waals surface area (Å²) in [6.45, 7) is 0. The fraction of sp³-hybridized carbons (Fsp3) is 0. The molecule has 1 aliphatic rings. The third kappa shape index (κ3) is 1.94. The molecule has 2 nitrogen and oxygen atoms in total. The predicted molar refractivity (Wildman–Crippen MR) is 66.9 cm³/mol. The molecule has 2 aromatic rings. The van der Waals surface area contributed by atoms with E-state index in [9.17, 15) is 17.6 Å². The van der Waals surface area contributed by atoms with Gasteiger partial charge in [-0.1, -0.05) is 30.3 Å². The molecule has 0 aromatic heterocycles. The van der Waals surface area contributed by atoms with Crippen molar-refractivity contribution < 1.29 is 17.6 Å². The van der Waals surface area contributed by atoms with Crippen LogP contribution in [-0.2, 0) is 0 Å². The van der Waals surface area contributed by atoms with E-state index in [-0.39, 0.29) is 5.84 Å². The van der Waals surface area contributed by atoms with Crippen molar-refractivity contribution in [2.75, 3.05) is 0 Å². The van der Waals surface area contributed by atoms with Crippen LogP contribution in [0, 0.1) is 23.3 Å². The highest BCUT2D eigenvalue weighted by Crippen LogP contribution is 2.40. The Hall–Kier alpha value is -2.02. The highest BCUT2D eigenvalue weighted by atomic mass is 32.2. The van der Waals surface area contributed by atoms with E-state index in [1.807, 2.05) is 0 Å². The SMILES string of the molecule is Fc1c(F)c(F)c2c(c1F)N=C(c1ccccc1)[N]S2. The number of hydrogen-bond donors (Lipinski definition) is 0. The third-order valence-electron chi connectivity index (χ3n) is 2.67. The summed E-state index contributed by atoms with van der Waals surface area (Å²) < 4.78 is 57.4. The van der Waals surface area contributed by atoms with Gasteiger partial charge in [-0.25, -0.2) is 22.6 Å². The van der Waals surface area contributed by atoms with Gasteiger partial charge in [0.25, 0.3) is 0 Å². The second kappa shape index (κ2) is 4.82. The molecule has 0 saturated heterocycles. The van der Waals surface area contributed by atoms with Gasteiger partial charge in [-0.2, -0.15) is 4.72 Å². The Morgan fingerprint density at radius 3 is 2.15 bits per heavy atom. The molecule has 0 aliphatic carbocycles. The largest absolute Gasteiger partial charge is 0.223 e. The summed E-state index contributed by atoms with van der Waals surface area (Å²) in [6, 6.07) is 8.54. The maximum Gasteiger partial charge on any atom is 0.199 e. The summed E-state index contributed by atoms with van der Waals surface area (Å²) >= 11 is 0.528. The number of nitrogens with zero attached hydrogens (tertiary/aromatic N) is 2. The Kier molecular flexibility index (Phi) is 3.13. The molecule has 0 atom stereocenters. The molecule has 3 rings (SSSR count). The van der Waals surface area contributed by atoms with Crippen molar-refractivity contribution in [3.05, 3.63) is 59.2 Å². The van der Waals surface area contributed by atoms with Gasteiger partial charge in [0.2, 0.25) is 0 Å². The smallest absolute Gasteiger partial charge is 0.199 e. The van der Waals surface area contributed by atoms with E-state index in [4.69, 9.17) is 0 Å². The summed E-state index contributed by atoms with van der Waals surface area (Å²) in [4.78, 5) is 3.33. The summed E-state index contributed by atoms with van der Waals surface area (Å²) in [5.74, 6) is -6.62. The van der Waals surface area contributed by atoms with Crippen LogP contribution in [-0.4, -0.2) is 5.84 Å². The molecule has 2 aromatic carbocycles. The van der Waals surface area contributed by atoms with Gasteiger partial charge in [-0.05, 0) is 0 Å². The van der Waals surface area contributed by atoms with Crippen LogP contribution in [0.4, 0.5) is 23.2 Å². The molecule has 20 heavy (non-hydrogen) atoms. The van der Waals surface area contributed by atoms with E-state index in [1.165, 1.54) is 0 Å². The first kappa shape index (κ1) is 13.0. The van der Waals surface area contributed by atoms with Crippen LogP contribution in [0.2, 0.25) is 0 Å². The summed E-state index contributed by atoms with van der Waals surface area (Å²) in [5.41, 5.74) is -0.00422. The highest BCUT2D eigenvalue weighted by Gasteiger charge is 2.29. The first-order valence-corrected chi connectivity index (χ1v) is 6.25. The van der Waals surface area contributed by atoms with Gasteiger partial charge in [0.05, 0.1) is 4.90 Å². The second-order valence-electron chi connectivity index (χ2n) is 3.92. The average Bonchev–Trinajstić information content (AvgIpc) is 2.51. The summed E-state index contributed by atoms with van der Waals surface area (Å²) in [5, 5.41) is 0. The number of fused-ring (bicyclic) bond motifs is 1. The van der Waals surface area contributed by atoms with Gasteiger partial charge in [-0.15, -0.1) is 0 Å². The topological polar surface area (TPSA) is 26.5 Å². The molecule has 0 N–H and O–H groups in total. The van der Waals surface area contributed by atoms with Crippen LogP contribution >= 0.6 is 11.9 Å². The Morgan fingerprint density at radius 1 is 0.800 bits per heavy atom. The molecule has 1 radical (unpaired) electrons. The Balaban J connectivity index is 2.19. The maximum atomic E-state index is 13.7. The van der Waals surface area contributed by atoms with Crippen molar-refractivity contribution in [1.29, 1.82) is 0 Å². The average molecular weight is 297 g/mol. The van der Waals surface area contributed by atoms with E-state index in [0.29, 0.717) is 17.5 Å². The lowest BCUT2D eigenvalue weighted by molar-refractivity contribution is 0.400. The molecular weight excluding hydrogens is 292 g/mol. The zero-order chi connectivity index (χ0) is 14.3. The standard InChI is InChI=1S/C13H5F4N2S/c14-7-8(15)10(17)12-11(9(7)16)18-13(19-20-12)6-4-2-1-3-5-6/h1-5H. The lowest BCUT2D eigenvalue weighted by atomic mass is 10.2. The Bertz CT molecular complexity index is 716. The van der Waals surface area contributed by atoms with E-state index in [2.05, 4.69) is 9.71 Å². The highest BCUT2D eigenvalue weighted by molar-refractivity contribution is 7.98. The van der Waals surface area contributed by atoms with Crippen molar-refractivity contribution in [2.24, 2.45) is 4.99 Å². The zero-order valence-corrected chi connectivity index (χ0v) is 10.5. The quantitative estimate of drug-likeness (QED) is 0.339. The third-order valence-corrected chi connectivity index (χ3v) is 3.49. The minimum Gasteiger partial charge on any atom is -0.223 e. The lowest BCUT2D eigenvalue weighted by Crippen LogP contribution is -2.15. The minimum atomic E-state index is -1.88. The van der Waals surface area contributed by atoms with Gasteiger partial charge in [-0.3, -0.25) is 0 Å². The molecule has 0 saturated carbocycles. The van der Waals surface area contributed by atoms with E-state index < -0.39 is 33.9 Å². The molecule has 0 amide bonds. The molecule has 101 valence electrons. The van der Waals surface area contributed by atoms with Crippen LogP contribution in [0.25, 0.3) is 0 Å². The van der Waals surface area contributed by atoms with Crippen molar-refractivity contribution in [1.82, 2.24) is 4.72 Å². The summed E-state index contributed by atoms with van der Waals surface area (Å²) in [7, 11) is 0. The molecule has 1 heterocycles. The van der Waals surface area contributed by atoms with E-state index in [1.54, 1.807) is 30.3 Å². The predicted octanol–water partition coefficient (Wildman–Crippen LogP) is 3.95. The molecule has 0 fully saturated rings. The van der Waals surface area contributed by atoms with Gasteiger partial charge in [0.1, 0.15) is 5.69 Å². The lowest BCUT2D eigenvalue weighted by Gasteiger charge is -2.16. The molecule has 0 bridgehead atoms. The van der Waals surface area contributed by atoms with Crippen molar-refractivity contribution in [2.45, 2.75) is 4.90 Å². The van der Waals surface area contributed by atoms with Crippen LogP contribution in [0.3, 0.4) is 0 Å². The summed E-state index contributed by atoms with van der Waals surface area (Å²) in [6.07, 6.45) is 0. The first-order valence-electron chi connectivity index (χ1n) is 5.47. The number of aliphatic imine (C=N–C) groups is 1. The Labute approximate surface area is 115 Å². The Morgan fingerprint density at radius 2 is 1.45 bits per heavy atom. The fourth-order valence-electron chi connectivity index (χ4n) is 1.70. The van der Waals surface area contributed by atoms with Gasteiger partial charge < -0.3 is 0 Å². The minimum absolute atomic E-state index is 0.118. The monoisotopic (exact) mass is 297 g/mol. The number of rotatable bonds is 1. The van der Waals surface area contributed by atoms with E-state index >= 15 is 0 Å². The van der Waals surface area contributed by atoms with Crippen molar-refractivity contribution in [3.8, 4) is 0 Å². The fourth-order valence-corrected chi connectivity index (χ4v) is 2.42. The van der Waals surface area contributed by atoms with Crippen LogP contribution in [0.5, 0.6) is 0 Å². The number of amidine groups is 1. The molecule has 1 aliphatic heterocycles. The molecule has 0 unspecified atom stereocenters. The van der Waals surface area contributed by atoms with Crippen LogP contribution in [0.15, 0.2) is 40.2 Å². The zero-order valence-electron chi connectivity index (χ0n) is 9.70. The van der Waals surface area contributed by atoms with Crippen molar-refractivity contribution >= 4 is 23.5 Å². The molecular formula is C13H5F4N2S. The second-order valence-corrected chi connectivity index (χ2v) is 4.69. The molecule has 0 spiro atoms. The van der Waals surface area contributed by atoms with Crippen LogP contribution in [0.1, 0.15) is 5.56 Å². The van der Waals surface area contributed by atoms with Crippen LogP contribution < -0.4 is 4.72 Å². The molecule has 7 heteroatoms. The number of benzene rings is 2. The van der Waals surface area contributed by atoms with Gasteiger partial charge in [0.15, 0.2) is 29.1 Å². The normalized spacial score (nSPS) is 13.5. The first-order chi connectivity index (χ1) is 9.59. The maximum absolute atomic E-state index is 13.7. The van der Waals surface area contributed by atoms with Gasteiger partial charge in [0, 0.05) is 17.5 Å². The number of hydrogen-bond acceptors (Lipinski definition) is 2. The van der Waals surface area contributed by atoms with Gasteiger partial charge >= 0.3 is 0 Å². The number of halogens is 4. The van der Waals surface area contributed by atoms with Crippen molar-refractivity contribution in [3.63, 3.8) is 0 Å². The van der Waals surface area contributed by atoms with E-state index in [0.717, 1.165) is 0 Å².